The fourth-order valence-corrected chi connectivity index (χ4v) is 3.87. The lowest BCUT2D eigenvalue weighted by Gasteiger charge is -2.16. The van der Waals surface area contributed by atoms with Crippen LogP contribution >= 0.6 is 0 Å². The molecule has 0 aliphatic heterocycles. The molecule has 0 fully saturated rings. The summed E-state index contributed by atoms with van der Waals surface area (Å²) in [5, 5.41) is 2.53. The predicted molar refractivity (Wildman–Crippen MR) is 123 cm³/mol. The van der Waals surface area contributed by atoms with Crippen molar-refractivity contribution in [3.05, 3.63) is 90.5 Å². The van der Waals surface area contributed by atoms with Crippen LogP contribution in [0.15, 0.2) is 79.4 Å². The van der Waals surface area contributed by atoms with Crippen molar-refractivity contribution in [3.8, 4) is 11.4 Å². The third kappa shape index (κ3) is 5.58. The fraction of sp³-hybridized carbons (Fsp3) is 0.240. The second kappa shape index (κ2) is 9.59. The first-order valence-corrected chi connectivity index (χ1v) is 10.6. The molecule has 0 bridgehead atoms. The zero-order valence-electron chi connectivity index (χ0n) is 18.6. The SMILES string of the molecule is CC(C)c1cccc(C(C)C)c1-[n+]1ccn(-c2cccc3ccccc23)c1.F[B-](F)(F)F. The number of rotatable bonds is 4. The van der Waals surface area contributed by atoms with Crippen LogP contribution in [0.1, 0.15) is 50.7 Å². The van der Waals surface area contributed by atoms with Gasteiger partial charge in [-0.3, -0.25) is 0 Å². The van der Waals surface area contributed by atoms with Crippen LogP contribution in [0.25, 0.3) is 22.1 Å². The normalized spacial score (nSPS) is 11.7. The highest BCUT2D eigenvalue weighted by molar-refractivity contribution is 6.50. The Hall–Kier alpha value is -3.09. The summed E-state index contributed by atoms with van der Waals surface area (Å²) in [4.78, 5) is 0. The molecule has 0 saturated carbocycles. The molecule has 168 valence electrons. The zero-order chi connectivity index (χ0) is 23.5. The minimum atomic E-state index is -6.00. The molecule has 2 nitrogen and oxygen atoms in total. The van der Waals surface area contributed by atoms with Crippen molar-refractivity contribution in [1.29, 1.82) is 0 Å². The van der Waals surface area contributed by atoms with Gasteiger partial charge in [-0.1, -0.05) is 82.3 Å². The van der Waals surface area contributed by atoms with Gasteiger partial charge < -0.3 is 17.3 Å². The summed E-state index contributed by atoms with van der Waals surface area (Å²) in [5.41, 5.74) is 5.31. The Morgan fingerprint density at radius 3 is 1.88 bits per heavy atom. The number of fused-ring (bicyclic) bond motifs is 1. The van der Waals surface area contributed by atoms with Crippen LogP contribution in [0, 0.1) is 0 Å². The van der Waals surface area contributed by atoms with Crippen LogP contribution in [0.4, 0.5) is 17.3 Å². The summed E-state index contributed by atoms with van der Waals surface area (Å²) in [6, 6.07) is 21.7. The minimum Gasteiger partial charge on any atom is -0.418 e. The van der Waals surface area contributed by atoms with Gasteiger partial charge in [0.15, 0.2) is 0 Å². The van der Waals surface area contributed by atoms with Crippen molar-refractivity contribution in [3.63, 3.8) is 0 Å². The second-order valence-corrected chi connectivity index (χ2v) is 8.32. The van der Waals surface area contributed by atoms with E-state index in [2.05, 4.69) is 116 Å². The molecule has 32 heavy (non-hydrogen) atoms. The van der Waals surface area contributed by atoms with E-state index >= 15 is 0 Å². The number of benzene rings is 3. The molecule has 0 N–H and O–H groups in total. The number of nitrogens with zero attached hydrogens (tertiary/aromatic N) is 2. The van der Waals surface area contributed by atoms with Gasteiger partial charge in [-0.25, -0.2) is 9.13 Å². The lowest BCUT2D eigenvalue weighted by atomic mass is 9.92. The molecule has 0 amide bonds. The van der Waals surface area contributed by atoms with Gasteiger partial charge in [0.05, 0.1) is 0 Å². The Bertz CT molecular complexity index is 1160. The monoisotopic (exact) mass is 442 g/mol. The molecule has 0 unspecified atom stereocenters. The van der Waals surface area contributed by atoms with E-state index < -0.39 is 7.25 Å². The molecule has 1 aromatic heterocycles. The van der Waals surface area contributed by atoms with Crippen molar-refractivity contribution in [1.82, 2.24) is 4.57 Å². The van der Waals surface area contributed by atoms with Crippen LogP contribution < -0.4 is 4.57 Å². The van der Waals surface area contributed by atoms with Crippen LogP contribution in [-0.4, -0.2) is 11.8 Å². The van der Waals surface area contributed by atoms with E-state index in [9.17, 15) is 17.3 Å². The van der Waals surface area contributed by atoms with E-state index in [0.717, 1.165) is 0 Å². The van der Waals surface area contributed by atoms with Crippen molar-refractivity contribution >= 4 is 18.0 Å². The standard InChI is InChI=1S/C25H27N2.BF4/c1-18(2)21-12-8-13-22(19(3)4)25(21)27-16-15-26(17-27)24-14-7-10-20-9-5-6-11-23(20)24;2-1(3,4)5/h5-19H,1-4H3;/q+1;-1. The predicted octanol–water partition coefficient (Wildman–Crippen LogP) is 7.45. The quantitative estimate of drug-likeness (QED) is 0.176. The van der Waals surface area contributed by atoms with Gasteiger partial charge in [-0.05, 0) is 23.3 Å². The van der Waals surface area contributed by atoms with Gasteiger partial charge in [0, 0.05) is 16.5 Å². The molecule has 0 aliphatic carbocycles. The highest BCUT2D eigenvalue weighted by Gasteiger charge is 2.21. The Labute approximate surface area is 186 Å². The van der Waals surface area contributed by atoms with Crippen molar-refractivity contribution in [2.45, 2.75) is 39.5 Å². The van der Waals surface area contributed by atoms with Crippen LogP contribution in [0.3, 0.4) is 0 Å². The number of imidazole rings is 1. The molecular weight excluding hydrogens is 415 g/mol. The summed E-state index contributed by atoms with van der Waals surface area (Å²) in [6.07, 6.45) is 6.53. The molecule has 0 aliphatic rings. The lowest BCUT2D eigenvalue weighted by Crippen LogP contribution is -2.31. The van der Waals surface area contributed by atoms with E-state index in [1.807, 2.05) is 0 Å². The van der Waals surface area contributed by atoms with E-state index in [4.69, 9.17) is 0 Å². The molecule has 1 heterocycles. The Kier molecular flexibility index (Phi) is 7.07. The van der Waals surface area contributed by atoms with E-state index in [1.54, 1.807) is 0 Å². The van der Waals surface area contributed by atoms with Gasteiger partial charge in [0.25, 0.3) is 6.33 Å². The van der Waals surface area contributed by atoms with Gasteiger partial charge in [0.2, 0.25) is 0 Å². The van der Waals surface area contributed by atoms with Crippen molar-refractivity contribution in [2.75, 3.05) is 0 Å². The molecule has 7 heteroatoms. The molecule has 0 atom stereocenters. The highest BCUT2D eigenvalue weighted by Crippen LogP contribution is 2.28. The summed E-state index contributed by atoms with van der Waals surface area (Å²) in [5.74, 6) is 0.958. The van der Waals surface area contributed by atoms with E-state index in [1.165, 1.54) is 33.3 Å². The summed E-state index contributed by atoms with van der Waals surface area (Å²) in [6.45, 7) is 9.08. The number of para-hydroxylation sites is 1. The van der Waals surface area contributed by atoms with Gasteiger partial charge in [-0.2, -0.15) is 0 Å². The van der Waals surface area contributed by atoms with Crippen molar-refractivity contribution in [2.24, 2.45) is 0 Å². The molecule has 0 radical (unpaired) electrons. The largest absolute Gasteiger partial charge is 0.673 e. The smallest absolute Gasteiger partial charge is 0.418 e. The van der Waals surface area contributed by atoms with Gasteiger partial charge in [-0.15, -0.1) is 0 Å². The van der Waals surface area contributed by atoms with Gasteiger partial charge in [0.1, 0.15) is 23.8 Å². The van der Waals surface area contributed by atoms with E-state index in [0.29, 0.717) is 11.8 Å². The van der Waals surface area contributed by atoms with Crippen LogP contribution in [-0.2, 0) is 0 Å². The fourth-order valence-electron chi connectivity index (χ4n) is 3.87. The van der Waals surface area contributed by atoms with Crippen LogP contribution in [0.5, 0.6) is 0 Å². The average Bonchev–Trinajstić information content (AvgIpc) is 3.21. The van der Waals surface area contributed by atoms with Gasteiger partial charge >= 0.3 is 7.25 Å². The summed E-state index contributed by atoms with van der Waals surface area (Å²) < 4.78 is 43.5. The molecule has 3 aromatic carbocycles. The second-order valence-electron chi connectivity index (χ2n) is 8.32. The Morgan fingerprint density at radius 1 is 0.750 bits per heavy atom. The van der Waals surface area contributed by atoms with Crippen molar-refractivity contribution < 1.29 is 21.8 Å². The number of hydrogen-bond donors (Lipinski definition) is 0. The minimum absolute atomic E-state index is 0.479. The molecule has 4 rings (SSSR count). The maximum atomic E-state index is 9.75. The average molecular weight is 442 g/mol. The number of hydrogen-bond acceptors (Lipinski definition) is 0. The zero-order valence-corrected chi connectivity index (χ0v) is 18.6. The highest BCUT2D eigenvalue weighted by atomic mass is 19.5. The summed E-state index contributed by atoms with van der Waals surface area (Å²) >= 11 is 0. The Balaban J connectivity index is 0.000000523. The third-order valence-corrected chi connectivity index (χ3v) is 5.28. The van der Waals surface area contributed by atoms with E-state index in [-0.39, 0.29) is 0 Å². The third-order valence-electron chi connectivity index (χ3n) is 5.28. The maximum Gasteiger partial charge on any atom is 0.673 e. The molecule has 4 aromatic rings. The summed E-state index contributed by atoms with van der Waals surface area (Å²) in [7, 11) is -6.00. The first kappa shape index (κ1) is 23.6. The molecular formula is C25H27BF4N2. The molecule has 0 saturated heterocycles. The maximum absolute atomic E-state index is 9.75. The number of halogens is 4. The topological polar surface area (TPSA) is 8.81 Å². The van der Waals surface area contributed by atoms with Crippen LogP contribution in [0.2, 0.25) is 0 Å². The first-order valence-electron chi connectivity index (χ1n) is 10.6. The Morgan fingerprint density at radius 2 is 1.28 bits per heavy atom. The number of aromatic nitrogens is 2. The lowest BCUT2D eigenvalue weighted by molar-refractivity contribution is -0.596. The first-order chi connectivity index (χ1) is 15.1. The molecule has 0 spiro atoms.